The highest BCUT2D eigenvalue weighted by molar-refractivity contribution is 8.00. The zero-order chi connectivity index (χ0) is 22.1. The molecule has 2 amide bonds. The summed E-state index contributed by atoms with van der Waals surface area (Å²) in [6, 6.07) is 10.8. The summed E-state index contributed by atoms with van der Waals surface area (Å²) in [5.74, 6) is 0.776. The molecule has 4 rings (SSSR count). The molecule has 3 N–H and O–H groups in total. The van der Waals surface area contributed by atoms with Crippen molar-refractivity contribution in [1.29, 1.82) is 0 Å². The lowest BCUT2D eigenvalue weighted by molar-refractivity contribution is -0.115. The third-order valence-electron chi connectivity index (χ3n) is 4.68. The number of amides is 2. The topological polar surface area (TPSA) is 124 Å². The van der Waals surface area contributed by atoms with Gasteiger partial charge >= 0.3 is 0 Å². The molecule has 0 aliphatic carbocycles. The van der Waals surface area contributed by atoms with Gasteiger partial charge in [-0.25, -0.2) is 4.98 Å². The fourth-order valence-corrected chi connectivity index (χ4v) is 4.08. The van der Waals surface area contributed by atoms with Crippen LogP contribution in [0.4, 0.5) is 5.69 Å². The van der Waals surface area contributed by atoms with Crippen LogP contribution in [-0.4, -0.2) is 27.7 Å². The van der Waals surface area contributed by atoms with Crippen molar-refractivity contribution in [3.63, 3.8) is 0 Å². The van der Waals surface area contributed by atoms with Gasteiger partial charge < -0.3 is 20.0 Å². The van der Waals surface area contributed by atoms with Crippen LogP contribution in [0.1, 0.15) is 27.6 Å². The van der Waals surface area contributed by atoms with E-state index in [0.717, 1.165) is 16.2 Å². The molecule has 0 bridgehead atoms. The van der Waals surface area contributed by atoms with Crippen LogP contribution in [0.3, 0.4) is 0 Å². The highest BCUT2D eigenvalue weighted by atomic mass is 32.2. The van der Waals surface area contributed by atoms with E-state index in [0.29, 0.717) is 33.8 Å². The highest BCUT2D eigenvalue weighted by Crippen LogP contribution is 2.32. The van der Waals surface area contributed by atoms with E-state index in [1.54, 1.807) is 25.1 Å². The number of benzene rings is 1. The summed E-state index contributed by atoms with van der Waals surface area (Å²) in [5, 5.41) is 7.45. The number of hydrogen-bond acceptors (Lipinski definition) is 7. The third kappa shape index (κ3) is 4.17. The van der Waals surface area contributed by atoms with Crippen LogP contribution in [0.2, 0.25) is 0 Å². The van der Waals surface area contributed by atoms with Gasteiger partial charge in [0.15, 0.2) is 0 Å². The van der Waals surface area contributed by atoms with E-state index >= 15 is 0 Å². The maximum absolute atomic E-state index is 13.3. The van der Waals surface area contributed by atoms with Gasteiger partial charge in [-0.15, -0.1) is 11.8 Å². The first-order valence-electron chi connectivity index (χ1n) is 9.49. The standard InChI is InChI=1S/C22H20N4O4S/c1-11-8-14(13(3)29-11)17-9-15(20-12(2)26-30-22(20)25-17)21(28)24-16-6-4-5-7-18(16)31-10-19(23)27/h4-9H,10H2,1-3H3,(H2,23,27)(H,24,28). The molecule has 0 spiro atoms. The van der Waals surface area contributed by atoms with Crippen molar-refractivity contribution >= 4 is 40.4 Å². The average molecular weight is 436 g/mol. The van der Waals surface area contributed by atoms with Crippen LogP contribution >= 0.6 is 11.8 Å². The third-order valence-corrected chi connectivity index (χ3v) is 5.78. The molecule has 3 aromatic heterocycles. The molecule has 0 aliphatic heterocycles. The number of anilines is 1. The molecule has 3 heterocycles. The minimum atomic E-state index is -0.433. The van der Waals surface area contributed by atoms with E-state index in [9.17, 15) is 9.59 Å². The van der Waals surface area contributed by atoms with Crippen molar-refractivity contribution in [3.05, 3.63) is 59.2 Å². The predicted octanol–water partition coefficient (Wildman–Crippen LogP) is 4.24. The molecule has 0 atom stereocenters. The van der Waals surface area contributed by atoms with Crippen LogP contribution < -0.4 is 11.1 Å². The number of aromatic nitrogens is 2. The number of carbonyl (C=O) groups is 2. The van der Waals surface area contributed by atoms with Crippen LogP contribution in [0.15, 0.2) is 50.2 Å². The number of nitrogens with two attached hydrogens (primary N) is 1. The molecule has 0 radical (unpaired) electrons. The maximum Gasteiger partial charge on any atom is 0.259 e. The number of carbonyl (C=O) groups excluding carboxylic acids is 2. The first-order chi connectivity index (χ1) is 14.8. The van der Waals surface area contributed by atoms with E-state index in [4.69, 9.17) is 14.7 Å². The van der Waals surface area contributed by atoms with E-state index in [1.165, 1.54) is 11.8 Å². The Hall–Kier alpha value is -3.59. The second-order valence-electron chi connectivity index (χ2n) is 7.04. The van der Waals surface area contributed by atoms with Crippen LogP contribution in [0.25, 0.3) is 22.4 Å². The summed E-state index contributed by atoms with van der Waals surface area (Å²) in [6.07, 6.45) is 0. The van der Waals surface area contributed by atoms with Crippen molar-refractivity contribution in [2.45, 2.75) is 25.7 Å². The number of fused-ring (bicyclic) bond motifs is 1. The summed E-state index contributed by atoms with van der Waals surface area (Å²) in [7, 11) is 0. The average Bonchev–Trinajstić information content (AvgIpc) is 3.27. The first-order valence-corrected chi connectivity index (χ1v) is 10.5. The van der Waals surface area contributed by atoms with Gasteiger partial charge in [0.2, 0.25) is 5.91 Å². The molecular formula is C22H20N4O4S. The first kappa shape index (κ1) is 20.7. The van der Waals surface area contributed by atoms with E-state index in [2.05, 4.69) is 15.5 Å². The van der Waals surface area contributed by atoms with Gasteiger partial charge in [0.25, 0.3) is 11.6 Å². The summed E-state index contributed by atoms with van der Waals surface area (Å²) in [6.45, 7) is 5.45. The smallest absolute Gasteiger partial charge is 0.259 e. The quantitative estimate of drug-likeness (QED) is 0.433. The highest BCUT2D eigenvalue weighted by Gasteiger charge is 2.21. The molecular weight excluding hydrogens is 416 g/mol. The number of aryl methyl sites for hydroxylation is 3. The van der Waals surface area contributed by atoms with E-state index in [1.807, 2.05) is 32.0 Å². The summed E-state index contributed by atoms with van der Waals surface area (Å²) >= 11 is 1.26. The van der Waals surface area contributed by atoms with Gasteiger partial charge in [-0.2, -0.15) is 0 Å². The number of nitrogens with one attached hydrogen (secondary N) is 1. The monoisotopic (exact) mass is 436 g/mol. The Balaban J connectivity index is 1.76. The second-order valence-corrected chi connectivity index (χ2v) is 8.05. The summed E-state index contributed by atoms with van der Waals surface area (Å²) in [4.78, 5) is 29.7. The lowest BCUT2D eigenvalue weighted by Crippen LogP contribution is -2.15. The van der Waals surface area contributed by atoms with Crippen molar-refractivity contribution in [2.75, 3.05) is 11.1 Å². The Labute approximate surface area is 182 Å². The predicted molar refractivity (Wildman–Crippen MR) is 118 cm³/mol. The number of furan rings is 1. The van der Waals surface area contributed by atoms with Gasteiger partial charge in [-0.05, 0) is 45.0 Å². The molecule has 0 saturated carbocycles. The van der Waals surface area contributed by atoms with Crippen molar-refractivity contribution in [3.8, 4) is 11.3 Å². The van der Waals surface area contributed by atoms with Gasteiger partial charge in [0.1, 0.15) is 11.5 Å². The molecule has 0 saturated heterocycles. The maximum atomic E-state index is 13.3. The van der Waals surface area contributed by atoms with Crippen molar-refractivity contribution in [1.82, 2.24) is 10.1 Å². The Kier molecular flexibility index (Phi) is 5.51. The Morgan fingerprint density at radius 2 is 1.94 bits per heavy atom. The molecule has 8 nitrogen and oxygen atoms in total. The molecule has 0 fully saturated rings. The number of pyridine rings is 1. The lowest BCUT2D eigenvalue weighted by atomic mass is 10.1. The summed E-state index contributed by atoms with van der Waals surface area (Å²) in [5.41, 5.74) is 8.39. The van der Waals surface area contributed by atoms with Crippen LogP contribution in [-0.2, 0) is 4.79 Å². The zero-order valence-corrected chi connectivity index (χ0v) is 18.0. The molecule has 0 unspecified atom stereocenters. The van der Waals surface area contributed by atoms with Crippen molar-refractivity contribution in [2.24, 2.45) is 5.73 Å². The zero-order valence-electron chi connectivity index (χ0n) is 17.2. The Morgan fingerprint density at radius 1 is 1.16 bits per heavy atom. The number of thioether (sulfide) groups is 1. The van der Waals surface area contributed by atoms with Crippen LogP contribution in [0, 0.1) is 20.8 Å². The Morgan fingerprint density at radius 3 is 2.65 bits per heavy atom. The molecule has 0 aliphatic rings. The molecule has 4 aromatic rings. The van der Waals surface area contributed by atoms with Crippen LogP contribution in [0.5, 0.6) is 0 Å². The van der Waals surface area contributed by atoms with Crippen molar-refractivity contribution < 1.29 is 18.5 Å². The SMILES string of the molecule is Cc1cc(-c2cc(C(=O)Nc3ccccc3SCC(N)=O)c3c(C)noc3n2)c(C)o1. The molecule has 158 valence electrons. The minimum absolute atomic E-state index is 0.112. The van der Waals surface area contributed by atoms with Gasteiger partial charge in [0.05, 0.1) is 33.8 Å². The van der Waals surface area contributed by atoms with E-state index in [-0.39, 0.29) is 17.4 Å². The normalized spacial score (nSPS) is 11.1. The molecule has 1 aromatic carbocycles. The molecule has 9 heteroatoms. The lowest BCUT2D eigenvalue weighted by Gasteiger charge is -2.11. The Bertz CT molecular complexity index is 1310. The second kappa shape index (κ2) is 8.27. The number of para-hydroxylation sites is 1. The minimum Gasteiger partial charge on any atom is -0.466 e. The fraction of sp³-hybridized carbons (Fsp3) is 0.182. The van der Waals surface area contributed by atoms with E-state index < -0.39 is 5.91 Å². The number of primary amides is 1. The van der Waals surface area contributed by atoms with Gasteiger partial charge in [0, 0.05) is 10.5 Å². The summed E-state index contributed by atoms with van der Waals surface area (Å²) < 4.78 is 11.0. The molecule has 31 heavy (non-hydrogen) atoms. The van der Waals surface area contributed by atoms with Gasteiger partial charge in [-0.3, -0.25) is 9.59 Å². The number of nitrogens with zero attached hydrogens (tertiary/aromatic N) is 2. The van der Waals surface area contributed by atoms with Gasteiger partial charge in [-0.1, -0.05) is 17.3 Å². The largest absolute Gasteiger partial charge is 0.466 e. The fourth-order valence-electron chi connectivity index (χ4n) is 3.33. The number of rotatable bonds is 6. The number of hydrogen-bond donors (Lipinski definition) is 2.